The van der Waals surface area contributed by atoms with Gasteiger partial charge in [-0.3, -0.25) is 0 Å². The first-order valence-corrected chi connectivity index (χ1v) is 7.21. The van der Waals surface area contributed by atoms with Crippen molar-refractivity contribution in [2.75, 3.05) is 25.5 Å². The third-order valence-corrected chi connectivity index (χ3v) is 3.85. The predicted octanol–water partition coefficient (Wildman–Crippen LogP) is 2.77. The fourth-order valence-electron chi connectivity index (χ4n) is 1.96. The van der Waals surface area contributed by atoms with Crippen LogP contribution in [-0.2, 0) is 0 Å². The van der Waals surface area contributed by atoms with Crippen LogP contribution in [0.3, 0.4) is 0 Å². The molecular weight excluding hydrogens is 254 g/mol. The van der Waals surface area contributed by atoms with Crippen LogP contribution in [0.25, 0.3) is 0 Å². The highest BCUT2D eigenvalue weighted by molar-refractivity contribution is 7.80. The van der Waals surface area contributed by atoms with E-state index in [1.54, 1.807) is 0 Å². The maximum absolute atomic E-state index is 5.66. The van der Waals surface area contributed by atoms with Crippen LogP contribution >= 0.6 is 12.2 Å². The summed E-state index contributed by atoms with van der Waals surface area (Å²) in [5.41, 5.74) is 8.85. The molecule has 1 aromatic carbocycles. The summed E-state index contributed by atoms with van der Waals surface area (Å²) in [6.07, 6.45) is 1.18. The highest BCUT2D eigenvalue weighted by Gasteiger charge is 2.06. The fourth-order valence-corrected chi connectivity index (χ4v) is 2.19. The molecule has 0 radical (unpaired) electrons. The zero-order valence-electron chi connectivity index (χ0n) is 12.4. The molecule has 0 heterocycles. The number of benzene rings is 1. The number of anilines is 1. The fraction of sp³-hybridized carbons (Fsp3) is 0.533. The molecule has 0 bridgehead atoms. The average molecular weight is 279 g/mol. The summed E-state index contributed by atoms with van der Waals surface area (Å²) in [6, 6.07) is 6.74. The number of hydrogen-bond donors (Lipinski definition) is 2. The molecule has 1 unspecified atom stereocenters. The second-order valence-corrected chi connectivity index (χ2v) is 5.50. The summed E-state index contributed by atoms with van der Waals surface area (Å²) in [6.45, 7) is 8.47. The Balaban J connectivity index is 2.51. The molecule has 106 valence electrons. The molecule has 3 nitrogen and oxygen atoms in total. The van der Waals surface area contributed by atoms with E-state index in [1.807, 2.05) is 19.1 Å². The summed E-state index contributed by atoms with van der Waals surface area (Å²) in [4.78, 5) is 2.82. The molecule has 0 aliphatic carbocycles. The van der Waals surface area contributed by atoms with Gasteiger partial charge in [0.05, 0.1) is 0 Å². The smallest absolute Gasteiger partial charge is 0.104 e. The third kappa shape index (κ3) is 4.80. The Morgan fingerprint density at radius 1 is 1.47 bits per heavy atom. The van der Waals surface area contributed by atoms with E-state index in [9.17, 15) is 0 Å². The van der Waals surface area contributed by atoms with Gasteiger partial charge >= 0.3 is 0 Å². The number of nitrogens with one attached hydrogen (secondary N) is 1. The van der Waals surface area contributed by atoms with E-state index in [0.717, 1.165) is 29.9 Å². The average Bonchev–Trinajstić information content (AvgIpc) is 2.37. The summed E-state index contributed by atoms with van der Waals surface area (Å²) in [5, 5.41) is 3.44. The van der Waals surface area contributed by atoms with E-state index < -0.39 is 0 Å². The lowest BCUT2D eigenvalue weighted by atomic mass is 10.1. The Bertz CT molecular complexity index is 431. The van der Waals surface area contributed by atoms with Gasteiger partial charge in [0.2, 0.25) is 0 Å². The number of rotatable bonds is 7. The standard InChI is InChI=1S/C15H25N3S/c1-5-12(3)18(4)9-8-17-13-6-7-14(15(16)19)11(2)10-13/h6-7,10,12,17H,5,8-9H2,1-4H3,(H2,16,19). The number of nitrogens with zero attached hydrogens (tertiary/aromatic N) is 1. The van der Waals surface area contributed by atoms with Gasteiger partial charge in [0.1, 0.15) is 4.99 Å². The molecule has 0 aromatic heterocycles. The summed E-state index contributed by atoms with van der Waals surface area (Å²) >= 11 is 5.01. The Morgan fingerprint density at radius 3 is 2.68 bits per heavy atom. The quantitative estimate of drug-likeness (QED) is 0.753. The largest absolute Gasteiger partial charge is 0.389 e. The summed E-state index contributed by atoms with van der Waals surface area (Å²) in [5.74, 6) is 0. The van der Waals surface area contributed by atoms with Crippen LogP contribution in [0.1, 0.15) is 31.4 Å². The molecule has 0 aliphatic heterocycles. The number of likely N-dealkylation sites (N-methyl/N-ethyl adjacent to an activating group) is 1. The Kier molecular flexibility index (Phi) is 6.25. The van der Waals surface area contributed by atoms with E-state index in [-0.39, 0.29) is 0 Å². The molecule has 0 amide bonds. The lowest BCUT2D eigenvalue weighted by Gasteiger charge is -2.23. The Morgan fingerprint density at radius 2 is 2.16 bits per heavy atom. The minimum absolute atomic E-state index is 0.459. The number of nitrogens with two attached hydrogens (primary N) is 1. The molecule has 0 aliphatic rings. The second kappa shape index (κ2) is 7.46. The molecule has 3 N–H and O–H groups in total. The highest BCUT2D eigenvalue weighted by atomic mass is 32.1. The molecule has 19 heavy (non-hydrogen) atoms. The molecule has 0 spiro atoms. The van der Waals surface area contributed by atoms with Gasteiger partial charge in [-0.15, -0.1) is 0 Å². The monoisotopic (exact) mass is 279 g/mol. The van der Waals surface area contributed by atoms with E-state index in [2.05, 4.69) is 37.2 Å². The van der Waals surface area contributed by atoms with Crippen molar-refractivity contribution in [3.05, 3.63) is 29.3 Å². The van der Waals surface area contributed by atoms with E-state index in [4.69, 9.17) is 18.0 Å². The van der Waals surface area contributed by atoms with Gasteiger partial charge in [-0.05, 0) is 51.1 Å². The number of hydrogen-bond acceptors (Lipinski definition) is 3. The Hall–Kier alpha value is -1.13. The molecule has 4 heteroatoms. The van der Waals surface area contributed by atoms with Crippen molar-refractivity contribution in [3.63, 3.8) is 0 Å². The topological polar surface area (TPSA) is 41.3 Å². The second-order valence-electron chi connectivity index (χ2n) is 5.06. The maximum Gasteiger partial charge on any atom is 0.104 e. The third-order valence-electron chi connectivity index (χ3n) is 3.63. The van der Waals surface area contributed by atoms with Gasteiger partial charge in [-0.1, -0.05) is 19.1 Å². The number of aryl methyl sites for hydroxylation is 1. The van der Waals surface area contributed by atoms with Crippen molar-refractivity contribution in [2.24, 2.45) is 5.73 Å². The van der Waals surface area contributed by atoms with Gasteiger partial charge in [-0.2, -0.15) is 0 Å². The van der Waals surface area contributed by atoms with Crippen molar-refractivity contribution < 1.29 is 0 Å². The van der Waals surface area contributed by atoms with Crippen molar-refractivity contribution >= 4 is 22.9 Å². The zero-order chi connectivity index (χ0) is 14.4. The molecule has 0 fully saturated rings. The van der Waals surface area contributed by atoms with Crippen LogP contribution in [-0.4, -0.2) is 36.1 Å². The minimum atomic E-state index is 0.459. The summed E-state index contributed by atoms with van der Waals surface area (Å²) < 4.78 is 0. The first-order valence-electron chi connectivity index (χ1n) is 6.80. The minimum Gasteiger partial charge on any atom is -0.389 e. The lowest BCUT2D eigenvalue weighted by molar-refractivity contribution is 0.261. The van der Waals surface area contributed by atoms with Crippen LogP contribution in [0.15, 0.2) is 18.2 Å². The molecule has 0 saturated carbocycles. The van der Waals surface area contributed by atoms with Crippen LogP contribution in [0.2, 0.25) is 0 Å². The molecule has 0 saturated heterocycles. The molecular formula is C15H25N3S. The zero-order valence-corrected chi connectivity index (χ0v) is 13.2. The van der Waals surface area contributed by atoms with E-state index in [1.165, 1.54) is 6.42 Å². The van der Waals surface area contributed by atoms with E-state index >= 15 is 0 Å². The van der Waals surface area contributed by atoms with Gasteiger partial charge < -0.3 is 16.0 Å². The van der Waals surface area contributed by atoms with E-state index in [0.29, 0.717) is 11.0 Å². The van der Waals surface area contributed by atoms with Gasteiger partial charge in [0, 0.05) is 30.4 Å². The predicted molar refractivity (Wildman–Crippen MR) is 87.9 cm³/mol. The lowest BCUT2D eigenvalue weighted by Crippen LogP contribution is -2.32. The maximum atomic E-state index is 5.66. The van der Waals surface area contributed by atoms with Crippen LogP contribution in [0, 0.1) is 6.92 Å². The van der Waals surface area contributed by atoms with Gasteiger partial charge in [0.25, 0.3) is 0 Å². The van der Waals surface area contributed by atoms with Crippen LogP contribution in [0.4, 0.5) is 5.69 Å². The van der Waals surface area contributed by atoms with Crippen molar-refractivity contribution in [2.45, 2.75) is 33.2 Å². The molecule has 1 atom stereocenters. The van der Waals surface area contributed by atoms with Crippen molar-refractivity contribution in [1.29, 1.82) is 0 Å². The van der Waals surface area contributed by atoms with Crippen molar-refractivity contribution in [1.82, 2.24) is 4.90 Å². The summed E-state index contributed by atoms with van der Waals surface area (Å²) in [7, 11) is 2.16. The van der Waals surface area contributed by atoms with Crippen LogP contribution in [0.5, 0.6) is 0 Å². The van der Waals surface area contributed by atoms with Gasteiger partial charge in [0.15, 0.2) is 0 Å². The van der Waals surface area contributed by atoms with Crippen molar-refractivity contribution in [3.8, 4) is 0 Å². The first-order chi connectivity index (χ1) is 8.95. The molecule has 1 rings (SSSR count). The Labute approximate surface area is 122 Å². The normalized spacial score (nSPS) is 12.5. The first kappa shape index (κ1) is 15.9. The number of thiocarbonyl (C=S) groups is 1. The molecule has 1 aromatic rings. The van der Waals surface area contributed by atoms with Gasteiger partial charge in [-0.25, -0.2) is 0 Å². The van der Waals surface area contributed by atoms with Crippen LogP contribution < -0.4 is 11.1 Å². The highest BCUT2D eigenvalue weighted by Crippen LogP contribution is 2.15. The SMILES string of the molecule is CCC(C)N(C)CCNc1ccc(C(N)=S)c(C)c1.